The van der Waals surface area contributed by atoms with Gasteiger partial charge in [0.1, 0.15) is 6.04 Å². The number of nitrogens with zero attached hydrogens (tertiary/aromatic N) is 2. The number of aliphatic carboxylic acids is 1. The molecule has 0 aliphatic carbocycles. The number of amides is 2. The highest BCUT2D eigenvalue weighted by molar-refractivity contribution is 8.00. The molecule has 0 aromatic carbocycles. The highest BCUT2D eigenvalue weighted by Gasteiger charge is 2.41. The second-order valence-electron chi connectivity index (χ2n) is 4.75. The van der Waals surface area contributed by atoms with Crippen molar-refractivity contribution in [1.82, 2.24) is 15.2 Å². The van der Waals surface area contributed by atoms with Crippen molar-refractivity contribution in [2.45, 2.75) is 37.6 Å². The quantitative estimate of drug-likeness (QED) is 0.834. The molecular formula is C13H19N3O3S2. The summed E-state index contributed by atoms with van der Waals surface area (Å²) in [4.78, 5) is 29.2. The Hall–Kier alpha value is -1.28. The van der Waals surface area contributed by atoms with Crippen molar-refractivity contribution in [1.29, 1.82) is 0 Å². The lowest BCUT2D eigenvalue weighted by molar-refractivity contribution is -0.141. The third kappa shape index (κ3) is 4.10. The number of thiazole rings is 1. The number of carboxylic acids is 1. The van der Waals surface area contributed by atoms with Gasteiger partial charge in [0, 0.05) is 30.3 Å². The first-order chi connectivity index (χ1) is 10.1. The van der Waals surface area contributed by atoms with Gasteiger partial charge in [-0.05, 0) is 6.42 Å². The molecule has 1 aromatic heterocycles. The molecule has 116 valence electrons. The van der Waals surface area contributed by atoms with E-state index in [0.29, 0.717) is 18.7 Å². The summed E-state index contributed by atoms with van der Waals surface area (Å²) in [6.07, 6.45) is 4.14. The van der Waals surface area contributed by atoms with Crippen LogP contribution in [0, 0.1) is 0 Å². The minimum absolute atomic E-state index is 0.0454. The molecule has 1 aliphatic rings. The van der Waals surface area contributed by atoms with E-state index in [4.69, 9.17) is 0 Å². The third-order valence-corrected chi connectivity index (χ3v) is 5.44. The zero-order valence-electron chi connectivity index (χ0n) is 11.8. The Balaban J connectivity index is 1.91. The maximum atomic E-state index is 12.3. The Morgan fingerprint density at radius 2 is 2.38 bits per heavy atom. The monoisotopic (exact) mass is 329 g/mol. The van der Waals surface area contributed by atoms with E-state index < -0.39 is 12.0 Å². The Kier molecular flexibility index (Phi) is 5.86. The van der Waals surface area contributed by atoms with Crippen molar-refractivity contribution < 1.29 is 14.7 Å². The lowest BCUT2D eigenvalue weighted by Gasteiger charge is -2.27. The topological polar surface area (TPSA) is 82.5 Å². The van der Waals surface area contributed by atoms with Crippen LogP contribution in [0.3, 0.4) is 0 Å². The SMILES string of the molecule is CCCC1SCC(C(=O)O)N1C(=O)NCCc1nccs1. The molecule has 0 radical (unpaired) electrons. The highest BCUT2D eigenvalue weighted by Crippen LogP contribution is 2.32. The van der Waals surface area contributed by atoms with Gasteiger partial charge < -0.3 is 10.4 Å². The molecule has 2 heterocycles. The number of aromatic nitrogens is 1. The van der Waals surface area contributed by atoms with E-state index in [2.05, 4.69) is 10.3 Å². The zero-order chi connectivity index (χ0) is 15.2. The van der Waals surface area contributed by atoms with E-state index in [9.17, 15) is 14.7 Å². The number of carboxylic acid groups (broad SMARTS) is 1. The van der Waals surface area contributed by atoms with Crippen molar-refractivity contribution in [2.24, 2.45) is 0 Å². The first kappa shape index (κ1) is 16.1. The molecule has 0 spiro atoms. The molecule has 2 unspecified atom stereocenters. The molecule has 2 atom stereocenters. The molecular weight excluding hydrogens is 310 g/mol. The molecule has 1 aromatic rings. The van der Waals surface area contributed by atoms with Crippen LogP contribution in [0.25, 0.3) is 0 Å². The second kappa shape index (κ2) is 7.65. The molecule has 2 rings (SSSR count). The number of hydrogen-bond donors (Lipinski definition) is 2. The predicted octanol–water partition coefficient (Wildman–Crippen LogP) is 2.02. The highest BCUT2D eigenvalue weighted by atomic mass is 32.2. The van der Waals surface area contributed by atoms with Crippen molar-refractivity contribution in [2.75, 3.05) is 12.3 Å². The van der Waals surface area contributed by atoms with Crippen LogP contribution >= 0.6 is 23.1 Å². The summed E-state index contributed by atoms with van der Waals surface area (Å²) in [6.45, 7) is 2.51. The van der Waals surface area contributed by atoms with Gasteiger partial charge in [-0.25, -0.2) is 14.6 Å². The Morgan fingerprint density at radius 1 is 1.57 bits per heavy atom. The lowest BCUT2D eigenvalue weighted by Crippen LogP contribution is -2.50. The van der Waals surface area contributed by atoms with E-state index >= 15 is 0 Å². The smallest absolute Gasteiger partial charge is 0.327 e. The summed E-state index contributed by atoms with van der Waals surface area (Å²) in [5.74, 6) is -0.476. The van der Waals surface area contributed by atoms with Crippen LogP contribution in [0.4, 0.5) is 4.79 Å². The Labute approximate surface area is 131 Å². The normalized spacial score (nSPS) is 21.5. The number of hydrogen-bond acceptors (Lipinski definition) is 5. The van der Waals surface area contributed by atoms with Crippen molar-refractivity contribution in [3.8, 4) is 0 Å². The summed E-state index contributed by atoms with van der Waals surface area (Å²) in [5, 5.41) is 14.9. The maximum Gasteiger partial charge on any atom is 0.327 e. The van der Waals surface area contributed by atoms with Gasteiger partial charge in [-0.15, -0.1) is 23.1 Å². The fourth-order valence-electron chi connectivity index (χ4n) is 2.24. The van der Waals surface area contributed by atoms with Gasteiger partial charge >= 0.3 is 12.0 Å². The van der Waals surface area contributed by atoms with Crippen molar-refractivity contribution in [3.05, 3.63) is 16.6 Å². The summed E-state index contributed by atoms with van der Waals surface area (Å²) in [7, 11) is 0. The van der Waals surface area contributed by atoms with Gasteiger partial charge in [0.05, 0.1) is 10.4 Å². The van der Waals surface area contributed by atoms with Crippen LogP contribution in [0.5, 0.6) is 0 Å². The molecule has 0 saturated carbocycles. The van der Waals surface area contributed by atoms with E-state index in [0.717, 1.165) is 17.8 Å². The Morgan fingerprint density at radius 3 is 3.00 bits per heavy atom. The predicted molar refractivity (Wildman–Crippen MR) is 83.6 cm³/mol. The van der Waals surface area contributed by atoms with Crippen LogP contribution in [-0.2, 0) is 11.2 Å². The average Bonchev–Trinajstić information content (AvgIpc) is 3.08. The molecule has 0 bridgehead atoms. The number of thioether (sulfide) groups is 1. The van der Waals surface area contributed by atoms with E-state index in [-0.39, 0.29) is 11.4 Å². The van der Waals surface area contributed by atoms with E-state index in [1.807, 2.05) is 12.3 Å². The average molecular weight is 329 g/mol. The summed E-state index contributed by atoms with van der Waals surface area (Å²) < 4.78 is 0. The number of rotatable bonds is 6. The number of carbonyl (C=O) groups excluding carboxylic acids is 1. The molecule has 6 nitrogen and oxygen atoms in total. The van der Waals surface area contributed by atoms with Crippen LogP contribution in [0.2, 0.25) is 0 Å². The van der Waals surface area contributed by atoms with Crippen LogP contribution in [0.1, 0.15) is 24.8 Å². The summed E-state index contributed by atoms with van der Waals surface area (Å²) in [5.41, 5.74) is 0. The van der Waals surface area contributed by atoms with Gasteiger partial charge in [-0.1, -0.05) is 13.3 Å². The molecule has 2 amide bonds. The van der Waals surface area contributed by atoms with Crippen LogP contribution in [-0.4, -0.2) is 50.7 Å². The number of urea groups is 1. The molecule has 1 fully saturated rings. The fraction of sp³-hybridized carbons (Fsp3) is 0.615. The van der Waals surface area contributed by atoms with Gasteiger partial charge in [-0.3, -0.25) is 4.90 Å². The fourth-order valence-corrected chi connectivity index (χ4v) is 4.37. The Bertz CT molecular complexity index is 481. The standard InChI is InChI=1S/C13H19N3O3S2/c1-2-3-11-16(9(8-21-11)12(17)18)13(19)15-5-4-10-14-6-7-20-10/h6-7,9,11H,2-5,8H2,1H3,(H,15,19)(H,17,18). The first-order valence-corrected chi connectivity index (χ1v) is 8.85. The summed E-state index contributed by atoms with van der Waals surface area (Å²) in [6, 6.07) is -1.02. The van der Waals surface area contributed by atoms with Gasteiger partial charge in [-0.2, -0.15) is 0 Å². The zero-order valence-corrected chi connectivity index (χ0v) is 13.5. The minimum Gasteiger partial charge on any atom is -0.480 e. The van der Waals surface area contributed by atoms with Gasteiger partial charge in [0.15, 0.2) is 0 Å². The largest absolute Gasteiger partial charge is 0.480 e. The molecule has 1 saturated heterocycles. The summed E-state index contributed by atoms with van der Waals surface area (Å²) >= 11 is 3.09. The molecule has 2 N–H and O–H groups in total. The minimum atomic E-state index is -0.934. The van der Waals surface area contributed by atoms with Crippen LogP contribution < -0.4 is 5.32 Å². The molecule has 1 aliphatic heterocycles. The lowest BCUT2D eigenvalue weighted by atomic mass is 10.2. The van der Waals surface area contributed by atoms with Gasteiger partial charge in [0.25, 0.3) is 0 Å². The van der Waals surface area contributed by atoms with E-state index in [1.54, 1.807) is 29.3 Å². The second-order valence-corrected chi connectivity index (χ2v) is 6.94. The van der Waals surface area contributed by atoms with E-state index in [1.165, 1.54) is 4.90 Å². The third-order valence-electron chi connectivity index (χ3n) is 3.25. The van der Waals surface area contributed by atoms with Crippen molar-refractivity contribution in [3.63, 3.8) is 0 Å². The molecule has 8 heteroatoms. The van der Waals surface area contributed by atoms with Gasteiger partial charge in [0.2, 0.25) is 0 Å². The number of carbonyl (C=O) groups is 2. The number of nitrogens with one attached hydrogen (secondary N) is 1. The van der Waals surface area contributed by atoms with Crippen molar-refractivity contribution >= 4 is 35.1 Å². The maximum absolute atomic E-state index is 12.3. The van der Waals surface area contributed by atoms with Crippen LogP contribution in [0.15, 0.2) is 11.6 Å². The first-order valence-electron chi connectivity index (χ1n) is 6.92. The molecule has 21 heavy (non-hydrogen) atoms.